The van der Waals surface area contributed by atoms with E-state index in [0.717, 1.165) is 0 Å². The van der Waals surface area contributed by atoms with Crippen LogP contribution in [0.15, 0.2) is 0 Å². The van der Waals surface area contributed by atoms with Crippen LogP contribution < -0.4 is 5.73 Å². The van der Waals surface area contributed by atoms with Gasteiger partial charge < -0.3 is 15.7 Å². The van der Waals surface area contributed by atoms with E-state index >= 15 is 0 Å². The van der Waals surface area contributed by atoms with Crippen LogP contribution in [0, 0.1) is 0 Å². The monoisotopic (exact) mass is 250 g/mol. The predicted octanol–water partition coefficient (Wildman–Crippen LogP) is 0.0271. The van der Waals surface area contributed by atoms with Crippen molar-refractivity contribution in [2.24, 2.45) is 5.73 Å². The van der Waals surface area contributed by atoms with Gasteiger partial charge in [-0.15, -0.1) is 11.8 Å². The van der Waals surface area contributed by atoms with Crippen LogP contribution in [0.25, 0.3) is 0 Å². The summed E-state index contributed by atoms with van der Waals surface area (Å²) in [6.45, 7) is 3.55. The third-order valence-corrected chi connectivity index (χ3v) is 4.91. The number of halogens is 1. The smallest absolute Gasteiger partial charge is 0.327 e. The number of amides is 1. The summed E-state index contributed by atoms with van der Waals surface area (Å²) in [7, 11) is 0. The van der Waals surface area contributed by atoms with Gasteiger partial charge in [0, 0.05) is 4.75 Å². The van der Waals surface area contributed by atoms with Crippen LogP contribution in [0.2, 0.25) is 0 Å². The first kappa shape index (κ1) is 11.0. The summed E-state index contributed by atoms with van der Waals surface area (Å²) in [6, 6.07) is -0.851. The topological polar surface area (TPSA) is 83.6 Å². The van der Waals surface area contributed by atoms with Gasteiger partial charge in [-0.1, -0.05) is 11.6 Å². The molecule has 0 saturated carbocycles. The molecule has 0 radical (unpaired) electrons. The molecule has 2 rings (SSSR count). The molecule has 84 valence electrons. The number of carboxylic acid groups (broad SMARTS) is 1. The van der Waals surface area contributed by atoms with Crippen LogP contribution in [0.4, 0.5) is 0 Å². The van der Waals surface area contributed by atoms with Gasteiger partial charge >= 0.3 is 5.97 Å². The van der Waals surface area contributed by atoms with Crippen molar-refractivity contribution in [1.29, 1.82) is 0 Å². The van der Waals surface area contributed by atoms with Gasteiger partial charge in [-0.2, -0.15) is 0 Å². The lowest BCUT2D eigenvalue weighted by atomic mass is 9.96. The molecule has 0 aromatic carbocycles. The van der Waals surface area contributed by atoms with Crippen molar-refractivity contribution in [3.05, 3.63) is 0 Å². The Kier molecular flexibility index (Phi) is 2.07. The number of hydrogen-bond acceptors (Lipinski definition) is 4. The number of fused-ring (bicyclic) bond motifs is 1. The van der Waals surface area contributed by atoms with E-state index in [9.17, 15) is 9.59 Å². The van der Waals surface area contributed by atoms with Crippen LogP contribution >= 0.6 is 23.4 Å². The van der Waals surface area contributed by atoms with Crippen LogP contribution in [0.3, 0.4) is 0 Å². The van der Waals surface area contributed by atoms with E-state index in [4.69, 9.17) is 22.4 Å². The summed E-state index contributed by atoms with van der Waals surface area (Å²) in [5, 5.41) is 8.63. The molecular weight excluding hydrogens is 240 g/mol. The van der Waals surface area contributed by atoms with E-state index in [1.54, 1.807) is 13.8 Å². The molecule has 0 bridgehead atoms. The fourth-order valence-electron chi connectivity index (χ4n) is 2.04. The van der Waals surface area contributed by atoms with Gasteiger partial charge in [-0.3, -0.25) is 4.79 Å². The standard InChI is InChI=1S/C8H11ClN2O3S/c1-7(2)3(4(12)13)11-5(14)8(9,10)6(11)15-7/h3,6H,10H2,1-2H3,(H,12,13)/t3-,6+,8-/m0/s1. The largest absolute Gasteiger partial charge is 0.480 e. The summed E-state index contributed by atoms with van der Waals surface area (Å²) in [5.74, 6) is -1.52. The highest BCUT2D eigenvalue weighted by molar-refractivity contribution is 8.01. The van der Waals surface area contributed by atoms with Gasteiger partial charge in [0.25, 0.3) is 5.91 Å². The molecule has 0 aliphatic carbocycles. The van der Waals surface area contributed by atoms with Crippen LogP contribution in [-0.2, 0) is 9.59 Å². The average molecular weight is 251 g/mol. The third kappa shape index (κ3) is 1.21. The molecular formula is C8H11ClN2O3S. The number of nitrogens with zero attached hydrogens (tertiary/aromatic N) is 1. The summed E-state index contributed by atoms with van der Waals surface area (Å²) < 4.78 is -0.567. The molecule has 15 heavy (non-hydrogen) atoms. The Balaban J connectivity index is 2.37. The number of thioether (sulfide) groups is 1. The first-order chi connectivity index (χ1) is 6.69. The SMILES string of the molecule is CC1(C)S[C@H]2N(C(=O)[C@@]2(N)Cl)[C@H]1C(=O)O. The maximum absolute atomic E-state index is 11.6. The lowest BCUT2D eigenvalue weighted by Crippen LogP contribution is -2.74. The summed E-state index contributed by atoms with van der Waals surface area (Å²) in [5.41, 5.74) is 5.59. The Labute approximate surface area is 95.9 Å². The summed E-state index contributed by atoms with van der Waals surface area (Å²) in [4.78, 5) is 22.5. The zero-order valence-electron chi connectivity index (χ0n) is 8.23. The second-order valence-electron chi connectivity index (χ2n) is 4.29. The highest BCUT2D eigenvalue weighted by atomic mass is 35.5. The number of rotatable bonds is 1. The van der Waals surface area contributed by atoms with E-state index in [1.165, 1.54) is 16.7 Å². The molecule has 3 N–H and O–H groups in total. The molecule has 7 heteroatoms. The number of carbonyl (C=O) groups is 2. The van der Waals surface area contributed by atoms with Crippen LogP contribution in [0.1, 0.15) is 13.8 Å². The number of aliphatic carboxylic acids is 1. The molecule has 2 aliphatic rings. The number of hydrogen-bond donors (Lipinski definition) is 2. The highest BCUT2D eigenvalue weighted by Crippen LogP contribution is 2.55. The second kappa shape index (κ2) is 2.81. The lowest BCUT2D eigenvalue weighted by molar-refractivity contribution is -0.161. The van der Waals surface area contributed by atoms with Crippen molar-refractivity contribution >= 4 is 35.2 Å². The number of carbonyl (C=O) groups excluding carboxylic acids is 1. The highest BCUT2D eigenvalue weighted by Gasteiger charge is 2.69. The molecule has 5 nitrogen and oxygen atoms in total. The zero-order valence-corrected chi connectivity index (χ0v) is 9.80. The molecule has 3 atom stereocenters. The Hall–Kier alpha value is -0.460. The molecule has 0 unspecified atom stereocenters. The number of carboxylic acids is 1. The molecule has 2 heterocycles. The number of β-lactam (4-membered cyclic amide) rings is 1. The van der Waals surface area contributed by atoms with Crippen molar-refractivity contribution < 1.29 is 14.7 Å². The Morgan fingerprint density at radius 3 is 2.67 bits per heavy atom. The second-order valence-corrected chi connectivity index (χ2v) is 6.65. The third-order valence-electron chi connectivity index (χ3n) is 2.76. The minimum Gasteiger partial charge on any atom is -0.480 e. The van der Waals surface area contributed by atoms with Crippen molar-refractivity contribution in [3.63, 3.8) is 0 Å². The molecule has 1 amide bonds. The minimum atomic E-state index is -1.44. The fourth-order valence-corrected chi connectivity index (χ4v) is 3.90. The summed E-state index contributed by atoms with van der Waals surface area (Å²) in [6.07, 6.45) is 0. The van der Waals surface area contributed by atoms with Gasteiger partial charge in [0.15, 0.2) is 0 Å². The molecule has 0 aromatic heterocycles. The van der Waals surface area contributed by atoms with Crippen LogP contribution in [0.5, 0.6) is 0 Å². The van der Waals surface area contributed by atoms with E-state index < -0.39 is 33.0 Å². The van der Waals surface area contributed by atoms with Crippen molar-refractivity contribution in [2.75, 3.05) is 0 Å². The van der Waals surface area contributed by atoms with Crippen molar-refractivity contribution in [1.82, 2.24) is 4.90 Å². The minimum absolute atomic E-state index is 0.442. The van der Waals surface area contributed by atoms with Gasteiger partial charge in [0.2, 0.25) is 5.00 Å². The Morgan fingerprint density at radius 1 is 1.67 bits per heavy atom. The maximum atomic E-state index is 11.6. The first-order valence-corrected chi connectivity index (χ1v) is 5.66. The first-order valence-electron chi connectivity index (χ1n) is 4.41. The van der Waals surface area contributed by atoms with Crippen molar-refractivity contribution in [3.8, 4) is 0 Å². The van der Waals surface area contributed by atoms with Crippen LogP contribution in [-0.4, -0.2) is 43.0 Å². The predicted molar refractivity (Wildman–Crippen MR) is 56.5 cm³/mol. The van der Waals surface area contributed by atoms with Crippen molar-refractivity contribution in [2.45, 2.75) is 35.0 Å². The number of nitrogens with two attached hydrogens (primary N) is 1. The van der Waals surface area contributed by atoms with Gasteiger partial charge in [0.1, 0.15) is 11.4 Å². The number of alkyl halides is 1. The fraction of sp³-hybridized carbons (Fsp3) is 0.750. The van der Waals surface area contributed by atoms with E-state index in [-0.39, 0.29) is 0 Å². The van der Waals surface area contributed by atoms with E-state index in [2.05, 4.69) is 0 Å². The lowest BCUT2D eigenvalue weighted by Gasteiger charge is -2.46. The molecule has 0 aromatic rings. The van der Waals surface area contributed by atoms with Gasteiger partial charge in [-0.05, 0) is 13.8 Å². The molecule has 0 spiro atoms. The Morgan fingerprint density at radius 2 is 2.20 bits per heavy atom. The molecule has 2 aliphatic heterocycles. The average Bonchev–Trinajstić information content (AvgIpc) is 2.35. The molecule has 2 fully saturated rings. The van der Waals surface area contributed by atoms with E-state index in [1.807, 2.05) is 0 Å². The molecule has 2 saturated heterocycles. The maximum Gasteiger partial charge on any atom is 0.327 e. The summed E-state index contributed by atoms with van der Waals surface area (Å²) >= 11 is 7.16. The van der Waals surface area contributed by atoms with E-state index in [0.29, 0.717) is 0 Å². The normalized spacial score (nSPS) is 42.4. The van der Waals surface area contributed by atoms with Gasteiger partial charge in [0.05, 0.1) is 0 Å². The zero-order chi connectivity index (χ0) is 11.6. The van der Waals surface area contributed by atoms with Gasteiger partial charge in [-0.25, -0.2) is 4.79 Å². The Bertz CT molecular complexity index is 358. The quantitative estimate of drug-likeness (QED) is 0.390.